The van der Waals surface area contributed by atoms with E-state index in [1.54, 1.807) is 6.20 Å². The van der Waals surface area contributed by atoms with Crippen LogP contribution in [-0.4, -0.2) is 48.8 Å². The van der Waals surface area contributed by atoms with Crippen LogP contribution in [0.4, 0.5) is 10.5 Å². The van der Waals surface area contributed by atoms with Gasteiger partial charge in [-0.25, -0.2) is 4.79 Å². The van der Waals surface area contributed by atoms with Gasteiger partial charge < -0.3 is 20.1 Å². The van der Waals surface area contributed by atoms with E-state index in [4.69, 9.17) is 9.47 Å². The van der Waals surface area contributed by atoms with E-state index in [1.807, 2.05) is 36.4 Å². The molecule has 1 aromatic carbocycles. The summed E-state index contributed by atoms with van der Waals surface area (Å²) < 4.78 is 10.9. The molecule has 7 heteroatoms. The van der Waals surface area contributed by atoms with Crippen molar-refractivity contribution in [3.63, 3.8) is 0 Å². The molecule has 0 spiro atoms. The third-order valence-corrected chi connectivity index (χ3v) is 4.95. The Balaban J connectivity index is 1.38. The standard InChI is InChI=1S/C20H24N4O3/c25-20(23-17-5-4-15-13-27-14-16(15)11-17)22-12-19(18-3-1-2-6-21-18)24-7-9-26-10-8-24/h1-6,11,19H,7-10,12-14H2,(H2,22,23,25). The maximum absolute atomic E-state index is 12.4. The number of amides is 2. The first-order chi connectivity index (χ1) is 13.3. The second-order valence-electron chi connectivity index (χ2n) is 6.73. The highest BCUT2D eigenvalue weighted by atomic mass is 16.5. The smallest absolute Gasteiger partial charge is 0.319 e. The zero-order chi connectivity index (χ0) is 18.5. The number of carbonyl (C=O) groups excluding carboxylic acids is 1. The topological polar surface area (TPSA) is 75.7 Å². The summed E-state index contributed by atoms with van der Waals surface area (Å²) in [6.07, 6.45) is 1.79. The molecule has 1 fully saturated rings. The van der Waals surface area contributed by atoms with Crippen LogP contribution < -0.4 is 10.6 Å². The Bertz CT molecular complexity index is 778. The lowest BCUT2D eigenvalue weighted by atomic mass is 10.1. The van der Waals surface area contributed by atoms with Gasteiger partial charge in [-0.3, -0.25) is 9.88 Å². The number of fused-ring (bicyclic) bond motifs is 1. The Labute approximate surface area is 158 Å². The molecular weight excluding hydrogens is 344 g/mol. The fourth-order valence-corrected chi connectivity index (χ4v) is 3.50. The third-order valence-electron chi connectivity index (χ3n) is 4.95. The average molecular weight is 368 g/mol. The molecule has 27 heavy (non-hydrogen) atoms. The number of aromatic nitrogens is 1. The van der Waals surface area contributed by atoms with E-state index in [0.29, 0.717) is 33.0 Å². The third kappa shape index (κ3) is 4.44. The number of nitrogens with one attached hydrogen (secondary N) is 2. The van der Waals surface area contributed by atoms with Gasteiger partial charge in [0.2, 0.25) is 0 Å². The lowest BCUT2D eigenvalue weighted by Crippen LogP contribution is -2.44. The van der Waals surface area contributed by atoms with Crippen molar-refractivity contribution < 1.29 is 14.3 Å². The van der Waals surface area contributed by atoms with Gasteiger partial charge in [0.1, 0.15) is 0 Å². The maximum atomic E-state index is 12.4. The molecule has 2 aliphatic heterocycles. The molecule has 1 saturated heterocycles. The normalized spacial score (nSPS) is 17.9. The van der Waals surface area contributed by atoms with Crippen molar-refractivity contribution in [1.29, 1.82) is 0 Å². The van der Waals surface area contributed by atoms with Gasteiger partial charge in [-0.2, -0.15) is 0 Å². The molecule has 0 aliphatic carbocycles. The molecule has 3 heterocycles. The highest BCUT2D eigenvalue weighted by molar-refractivity contribution is 5.89. The van der Waals surface area contributed by atoms with Crippen LogP contribution in [0.2, 0.25) is 0 Å². The molecule has 0 radical (unpaired) electrons. The number of carbonyl (C=O) groups is 1. The number of anilines is 1. The van der Waals surface area contributed by atoms with E-state index in [2.05, 4.69) is 20.5 Å². The van der Waals surface area contributed by atoms with Crippen LogP contribution in [0.5, 0.6) is 0 Å². The number of pyridine rings is 1. The molecule has 2 aliphatic rings. The summed E-state index contributed by atoms with van der Waals surface area (Å²) in [5, 5.41) is 5.90. The summed E-state index contributed by atoms with van der Waals surface area (Å²) in [6.45, 7) is 4.79. The lowest BCUT2D eigenvalue weighted by Gasteiger charge is -2.34. The van der Waals surface area contributed by atoms with Crippen molar-refractivity contribution in [3.05, 3.63) is 59.4 Å². The predicted molar refractivity (Wildman–Crippen MR) is 101 cm³/mol. The van der Waals surface area contributed by atoms with Crippen molar-refractivity contribution >= 4 is 11.7 Å². The zero-order valence-electron chi connectivity index (χ0n) is 15.2. The quantitative estimate of drug-likeness (QED) is 0.847. The first kappa shape index (κ1) is 17.9. The van der Waals surface area contributed by atoms with Gasteiger partial charge in [-0.1, -0.05) is 12.1 Å². The Morgan fingerprint density at radius 2 is 1.96 bits per heavy atom. The molecule has 2 N–H and O–H groups in total. The molecule has 4 rings (SSSR count). The maximum Gasteiger partial charge on any atom is 0.319 e. The minimum Gasteiger partial charge on any atom is -0.379 e. The van der Waals surface area contributed by atoms with Crippen LogP contribution in [0.3, 0.4) is 0 Å². The molecule has 0 bridgehead atoms. The second kappa shape index (κ2) is 8.47. The first-order valence-electron chi connectivity index (χ1n) is 9.27. The van der Waals surface area contributed by atoms with Crippen LogP contribution in [0, 0.1) is 0 Å². The van der Waals surface area contributed by atoms with Crippen LogP contribution in [0.25, 0.3) is 0 Å². The van der Waals surface area contributed by atoms with E-state index in [1.165, 1.54) is 5.56 Å². The molecule has 2 amide bonds. The van der Waals surface area contributed by atoms with Crippen LogP contribution in [-0.2, 0) is 22.7 Å². The molecule has 0 saturated carbocycles. The van der Waals surface area contributed by atoms with Gasteiger partial charge in [0.05, 0.1) is 38.2 Å². The fraction of sp³-hybridized carbons (Fsp3) is 0.400. The summed E-state index contributed by atoms with van der Waals surface area (Å²) in [6, 6.07) is 11.6. The van der Waals surface area contributed by atoms with Gasteiger partial charge in [0, 0.05) is 31.5 Å². The number of morpholine rings is 1. The van der Waals surface area contributed by atoms with Crippen molar-refractivity contribution in [1.82, 2.24) is 15.2 Å². The number of rotatable bonds is 5. The van der Waals surface area contributed by atoms with Crippen LogP contribution in [0.15, 0.2) is 42.6 Å². The number of nitrogens with zero attached hydrogens (tertiary/aromatic N) is 2. The van der Waals surface area contributed by atoms with Gasteiger partial charge in [-0.15, -0.1) is 0 Å². The highest BCUT2D eigenvalue weighted by Crippen LogP contribution is 2.23. The van der Waals surface area contributed by atoms with Gasteiger partial charge in [0.25, 0.3) is 0 Å². The SMILES string of the molecule is O=C(NCC(c1ccccn1)N1CCOCC1)Nc1ccc2c(c1)COC2. The Morgan fingerprint density at radius 3 is 2.78 bits per heavy atom. The van der Waals surface area contributed by atoms with E-state index >= 15 is 0 Å². The monoisotopic (exact) mass is 368 g/mol. The summed E-state index contributed by atoms with van der Waals surface area (Å²) in [5.74, 6) is 0. The average Bonchev–Trinajstić information content (AvgIpc) is 3.18. The van der Waals surface area contributed by atoms with Crippen molar-refractivity contribution in [3.8, 4) is 0 Å². The van der Waals surface area contributed by atoms with Crippen LogP contribution >= 0.6 is 0 Å². The molecule has 2 aromatic rings. The van der Waals surface area contributed by atoms with E-state index in [0.717, 1.165) is 30.0 Å². The molecule has 1 atom stereocenters. The van der Waals surface area contributed by atoms with Gasteiger partial charge in [0.15, 0.2) is 0 Å². The number of urea groups is 1. The van der Waals surface area contributed by atoms with E-state index in [9.17, 15) is 4.79 Å². The summed E-state index contributed by atoms with van der Waals surface area (Å²) in [5.41, 5.74) is 4.04. The molecule has 1 unspecified atom stereocenters. The summed E-state index contributed by atoms with van der Waals surface area (Å²) in [7, 11) is 0. The van der Waals surface area contributed by atoms with Crippen molar-refractivity contribution in [2.24, 2.45) is 0 Å². The zero-order valence-corrected chi connectivity index (χ0v) is 15.2. The van der Waals surface area contributed by atoms with Crippen molar-refractivity contribution in [2.75, 3.05) is 38.2 Å². The minimum atomic E-state index is -0.219. The molecule has 142 valence electrons. The number of ether oxygens (including phenoxy) is 2. The lowest BCUT2D eigenvalue weighted by molar-refractivity contribution is 0.0159. The Morgan fingerprint density at radius 1 is 1.11 bits per heavy atom. The molecule has 7 nitrogen and oxygen atoms in total. The van der Waals surface area contributed by atoms with E-state index < -0.39 is 0 Å². The Hall–Kier alpha value is -2.48. The number of benzene rings is 1. The van der Waals surface area contributed by atoms with Gasteiger partial charge >= 0.3 is 6.03 Å². The largest absolute Gasteiger partial charge is 0.379 e. The Kier molecular flexibility index (Phi) is 5.62. The predicted octanol–water partition coefficient (Wildman–Crippen LogP) is 2.31. The number of hydrogen-bond donors (Lipinski definition) is 2. The van der Waals surface area contributed by atoms with E-state index in [-0.39, 0.29) is 12.1 Å². The van der Waals surface area contributed by atoms with Gasteiger partial charge in [-0.05, 0) is 35.4 Å². The highest BCUT2D eigenvalue weighted by Gasteiger charge is 2.24. The second-order valence-corrected chi connectivity index (χ2v) is 6.73. The fourth-order valence-electron chi connectivity index (χ4n) is 3.50. The summed E-state index contributed by atoms with van der Waals surface area (Å²) >= 11 is 0. The molecular formula is C20H24N4O3. The molecule has 1 aromatic heterocycles. The number of hydrogen-bond acceptors (Lipinski definition) is 5. The van der Waals surface area contributed by atoms with Crippen LogP contribution in [0.1, 0.15) is 22.9 Å². The summed E-state index contributed by atoms with van der Waals surface area (Å²) in [4.78, 5) is 19.2. The first-order valence-corrected chi connectivity index (χ1v) is 9.27. The van der Waals surface area contributed by atoms with Crippen molar-refractivity contribution in [2.45, 2.75) is 19.3 Å². The minimum absolute atomic E-state index is 0.0225.